The molecule has 168 valence electrons. The molecule has 0 aromatic heterocycles. The zero-order valence-electron chi connectivity index (χ0n) is 17.2. The van der Waals surface area contributed by atoms with Gasteiger partial charge in [-0.15, -0.1) is 0 Å². The van der Waals surface area contributed by atoms with Crippen molar-refractivity contribution in [1.29, 1.82) is 0 Å². The van der Waals surface area contributed by atoms with Crippen LogP contribution >= 0.6 is 11.6 Å². The Balaban J connectivity index is 1.54. The van der Waals surface area contributed by atoms with Crippen molar-refractivity contribution < 1.29 is 23.4 Å². The highest BCUT2D eigenvalue weighted by atomic mass is 35.5. The van der Waals surface area contributed by atoms with E-state index >= 15 is 0 Å². The van der Waals surface area contributed by atoms with Crippen LogP contribution in [0.1, 0.15) is 22.8 Å². The van der Waals surface area contributed by atoms with Crippen molar-refractivity contribution >= 4 is 27.4 Å². The number of aliphatic hydroxyl groups is 1. The first-order valence-corrected chi connectivity index (χ1v) is 11.9. The summed E-state index contributed by atoms with van der Waals surface area (Å²) in [4.78, 5) is 11.1. The maximum atomic E-state index is 12.8. The standard InChI is InChI=1S/C24H24ClNO5S/c25-20-3-1-2-19(15-20)23(27)16-26-13-12-17-4-8-21(9-5-17)32(30,31)22-10-6-18(7-11-22)14-24(28)29/h1-11,15,23,26-27H,12-14,16H2,(H,28,29). The van der Waals surface area contributed by atoms with Crippen LogP contribution in [0.2, 0.25) is 5.02 Å². The molecule has 0 bridgehead atoms. The van der Waals surface area contributed by atoms with Crippen molar-refractivity contribution in [1.82, 2.24) is 5.32 Å². The van der Waals surface area contributed by atoms with E-state index in [0.29, 0.717) is 30.1 Å². The van der Waals surface area contributed by atoms with E-state index in [4.69, 9.17) is 16.7 Å². The predicted octanol–water partition coefficient (Wildman–Crippen LogP) is 3.67. The van der Waals surface area contributed by atoms with Gasteiger partial charge in [-0.2, -0.15) is 0 Å². The van der Waals surface area contributed by atoms with Crippen LogP contribution in [0, 0.1) is 0 Å². The van der Waals surface area contributed by atoms with E-state index in [9.17, 15) is 18.3 Å². The van der Waals surface area contributed by atoms with Gasteiger partial charge in [-0.1, -0.05) is 48.0 Å². The topological polar surface area (TPSA) is 104 Å². The minimum atomic E-state index is -3.68. The Hall–Kier alpha value is -2.71. The van der Waals surface area contributed by atoms with Crippen molar-refractivity contribution in [3.8, 4) is 0 Å². The number of hydrogen-bond acceptors (Lipinski definition) is 5. The highest BCUT2D eigenvalue weighted by molar-refractivity contribution is 7.91. The van der Waals surface area contributed by atoms with Crippen LogP contribution in [0.15, 0.2) is 82.6 Å². The van der Waals surface area contributed by atoms with Crippen LogP contribution in [0.5, 0.6) is 0 Å². The van der Waals surface area contributed by atoms with Gasteiger partial charge >= 0.3 is 5.97 Å². The number of aliphatic hydroxyl groups excluding tert-OH is 1. The van der Waals surface area contributed by atoms with Crippen molar-refractivity contribution in [2.75, 3.05) is 13.1 Å². The lowest BCUT2D eigenvalue weighted by molar-refractivity contribution is -0.136. The Bertz CT molecular complexity index is 1160. The van der Waals surface area contributed by atoms with Gasteiger partial charge in [0.15, 0.2) is 0 Å². The number of nitrogens with one attached hydrogen (secondary N) is 1. The van der Waals surface area contributed by atoms with E-state index in [1.165, 1.54) is 24.3 Å². The van der Waals surface area contributed by atoms with Crippen molar-refractivity contribution in [2.24, 2.45) is 0 Å². The van der Waals surface area contributed by atoms with E-state index in [1.807, 2.05) is 6.07 Å². The SMILES string of the molecule is O=C(O)Cc1ccc(S(=O)(=O)c2ccc(CCNCC(O)c3cccc(Cl)c3)cc2)cc1. The maximum absolute atomic E-state index is 12.8. The molecule has 0 spiro atoms. The Labute approximate surface area is 192 Å². The summed E-state index contributed by atoms with van der Waals surface area (Å²) in [6, 6.07) is 19.6. The van der Waals surface area contributed by atoms with Gasteiger partial charge < -0.3 is 15.5 Å². The summed E-state index contributed by atoms with van der Waals surface area (Å²) < 4.78 is 25.6. The van der Waals surface area contributed by atoms with Gasteiger partial charge in [0.05, 0.1) is 22.3 Å². The summed E-state index contributed by atoms with van der Waals surface area (Å²) in [7, 11) is -3.68. The van der Waals surface area contributed by atoms with E-state index in [-0.39, 0.29) is 16.2 Å². The first-order valence-electron chi connectivity index (χ1n) is 10.0. The van der Waals surface area contributed by atoms with Crippen LogP contribution in [0.4, 0.5) is 0 Å². The molecular weight excluding hydrogens is 450 g/mol. The van der Waals surface area contributed by atoms with Crippen LogP contribution in [0.25, 0.3) is 0 Å². The number of aliphatic carboxylic acids is 1. The average Bonchev–Trinajstić information content (AvgIpc) is 2.77. The third-order valence-electron chi connectivity index (χ3n) is 4.98. The zero-order valence-corrected chi connectivity index (χ0v) is 18.8. The van der Waals surface area contributed by atoms with E-state index in [0.717, 1.165) is 11.1 Å². The van der Waals surface area contributed by atoms with Gasteiger partial charge in [0.2, 0.25) is 9.84 Å². The summed E-state index contributed by atoms with van der Waals surface area (Å²) in [6.45, 7) is 0.999. The summed E-state index contributed by atoms with van der Waals surface area (Å²) in [5.41, 5.74) is 2.25. The lowest BCUT2D eigenvalue weighted by Crippen LogP contribution is -2.23. The van der Waals surface area contributed by atoms with Gasteiger partial charge in [-0.3, -0.25) is 4.79 Å². The number of carbonyl (C=O) groups is 1. The quantitative estimate of drug-likeness (QED) is 0.388. The average molecular weight is 474 g/mol. The first-order chi connectivity index (χ1) is 15.3. The molecule has 0 saturated heterocycles. The van der Waals surface area contributed by atoms with Gasteiger partial charge in [-0.25, -0.2) is 8.42 Å². The molecule has 0 aliphatic rings. The summed E-state index contributed by atoms with van der Waals surface area (Å²) >= 11 is 5.94. The summed E-state index contributed by atoms with van der Waals surface area (Å²) in [5, 5.41) is 22.8. The minimum absolute atomic E-state index is 0.121. The van der Waals surface area contributed by atoms with Gasteiger partial charge in [0, 0.05) is 11.6 Å². The fraction of sp³-hybridized carbons (Fsp3) is 0.208. The molecule has 0 fully saturated rings. The summed E-state index contributed by atoms with van der Waals surface area (Å²) in [5.74, 6) is -0.968. The highest BCUT2D eigenvalue weighted by Gasteiger charge is 2.17. The molecule has 3 aromatic carbocycles. The van der Waals surface area contributed by atoms with Crippen LogP contribution in [-0.4, -0.2) is 37.7 Å². The van der Waals surface area contributed by atoms with E-state index < -0.39 is 21.9 Å². The minimum Gasteiger partial charge on any atom is -0.481 e. The molecule has 1 unspecified atom stereocenters. The molecule has 3 aromatic rings. The normalized spacial score (nSPS) is 12.4. The first kappa shape index (κ1) is 23.9. The van der Waals surface area contributed by atoms with E-state index in [1.54, 1.807) is 42.5 Å². The Morgan fingerprint density at radius 3 is 2.09 bits per heavy atom. The maximum Gasteiger partial charge on any atom is 0.307 e. The monoisotopic (exact) mass is 473 g/mol. The molecule has 8 heteroatoms. The molecule has 0 heterocycles. The van der Waals surface area contributed by atoms with E-state index in [2.05, 4.69) is 5.32 Å². The molecule has 3 rings (SSSR count). The number of carboxylic acid groups (broad SMARTS) is 1. The Morgan fingerprint density at radius 2 is 1.53 bits per heavy atom. The van der Waals surface area contributed by atoms with Gasteiger partial charge in [0.25, 0.3) is 0 Å². The molecule has 0 aliphatic heterocycles. The van der Waals surface area contributed by atoms with Crippen molar-refractivity contribution in [2.45, 2.75) is 28.7 Å². The van der Waals surface area contributed by atoms with Gasteiger partial charge in [-0.05, 0) is 66.1 Å². The largest absolute Gasteiger partial charge is 0.481 e. The van der Waals surface area contributed by atoms with Crippen molar-refractivity contribution in [3.05, 3.63) is 94.5 Å². The highest BCUT2D eigenvalue weighted by Crippen LogP contribution is 2.22. The number of hydrogen-bond donors (Lipinski definition) is 3. The smallest absolute Gasteiger partial charge is 0.307 e. The van der Waals surface area contributed by atoms with Crippen LogP contribution in [-0.2, 0) is 27.5 Å². The second-order valence-electron chi connectivity index (χ2n) is 7.39. The second-order valence-corrected chi connectivity index (χ2v) is 9.77. The van der Waals surface area contributed by atoms with Crippen LogP contribution in [0.3, 0.4) is 0 Å². The fourth-order valence-corrected chi connectivity index (χ4v) is 4.70. The van der Waals surface area contributed by atoms with Crippen molar-refractivity contribution in [3.63, 3.8) is 0 Å². The van der Waals surface area contributed by atoms with Gasteiger partial charge in [0.1, 0.15) is 0 Å². The number of benzene rings is 3. The molecule has 3 N–H and O–H groups in total. The summed E-state index contributed by atoms with van der Waals surface area (Å²) in [6.07, 6.45) is -0.144. The predicted molar refractivity (Wildman–Crippen MR) is 123 cm³/mol. The molecule has 6 nitrogen and oxygen atoms in total. The lowest BCUT2D eigenvalue weighted by Gasteiger charge is -2.12. The Morgan fingerprint density at radius 1 is 0.938 bits per heavy atom. The molecule has 0 aliphatic carbocycles. The molecular formula is C24H24ClNO5S. The zero-order chi connectivity index (χ0) is 23.1. The van der Waals surface area contributed by atoms with Crippen LogP contribution < -0.4 is 5.32 Å². The second kappa shape index (κ2) is 10.7. The molecule has 0 amide bonds. The molecule has 0 saturated carbocycles. The number of halogens is 1. The third-order valence-corrected chi connectivity index (χ3v) is 7.00. The number of carboxylic acids is 1. The fourth-order valence-electron chi connectivity index (χ4n) is 3.24. The number of sulfone groups is 1. The lowest BCUT2D eigenvalue weighted by atomic mass is 10.1. The molecule has 1 atom stereocenters. The molecule has 0 radical (unpaired) electrons. The number of rotatable bonds is 10. The third kappa shape index (κ3) is 6.40. The Kier molecular flexibility index (Phi) is 8.04. The molecule has 32 heavy (non-hydrogen) atoms.